The standard InChI is InChI=1S/C74H110N14O15S2/c1-16-48(10)65(56(101-14)39-61(93)88-35-23-27-55(88)66(102-15)49(11)67(94)80-54(71-76-34-37-105-71)38-50-24-20-19-21-25-50)83(12)72(98)63(46(6)7)82-70(97)64(47(8)9)84(13)74(100)103-40-51-28-30-52(31-29-51)78-68(95)53(26-22-33-77-73(75)99)79-69(96)62(45(4)5)81-57(89)41-104-36-32-60(92)87-43-85(58(90)17-2)42-86(44-87)59(91)18-3/h17-21,24-25,28-31,34,37,45-49,53-56,62-66H,2-3,16,22-23,26-27,32-33,35-36,38-44H2,1,4-15H3,(H,78,95)(H,79,96)(H,80,94)(H,81,89)(H,82,97)(H3,75,77,99)/t48?,49-,53+,54+,55?,56-,62+,63+,64+,65+,66-/m1/s1. The Morgan fingerprint density at radius 1 is 0.733 bits per heavy atom. The highest BCUT2D eigenvalue weighted by Gasteiger charge is 2.44. The van der Waals surface area contributed by atoms with E-state index in [9.17, 15) is 57.5 Å². The molecule has 0 spiro atoms. The SMILES string of the molecule is C=CC(=O)N1CN(C(=O)C=C)CN(C(=O)CCSCC(=O)N[C@H](C(=O)N[C@@H](CCCNC(N)=O)C(=O)Nc2ccc(COC(=O)N(C)[C@H](C(=O)N[C@H](C(=O)N(C)[C@@H](C(C)CC)[C@@H](CC(=O)N3CCCC3[C@H](OC)[C@@H](C)C(=O)N[C@@H](Cc3ccccc3)c3nccs3)OC)C(C)C)C(C)C)cc2)C(C)C)C1. The van der Waals surface area contributed by atoms with E-state index in [0.717, 1.165) is 34.5 Å². The molecule has 31 heteroatoms. The highest BCUT2D eigenvalue weighted by atomic mass is 32.2. The first-order valence-electron chi connectivity index (χ1n) is 35.7. The number of thiazole rings is 1. The highest BCUT2D eigenvalue weighted by molar-refractivity contribution is 7.99. The molecule has 0 bridgehead atoms. The lowest BCUT2D eigenvalue weighted by Gasteiger charge is -2.41. The first kappa shape index (κ1) is 86.7. The fourth-order valence-electron chi connectivity index (χ4n) is 13.0. The van der Waals surface area contributed by atoms with Gasteiger partial charge in [0.25, 0.3) is 0 Å². The van der Waals surface area contributed by atoms with Crippen molar-refractivity contribution in [2.24, 2.45) is 35.3 Å². The predicted octanol–water partition coefficient (Wildman–Crippen LogP) is 5.78. The van der Waals surface area contributed by atoms with E-state index in [0.29, 0.717) is 43.5 Å². The predicted molar refractivity (Wildman–Crippen MR) is 401 cm³/mol. The van der Waals surface area contributed by atoms with Crippen LogP contribution in [0.25, 0.3) is 0 Å². The Morgan fingerprint density at radius 2 is 1.37 bits per heavy atom. The number of amides is 13. The second-order valence-corrected chi connectivity index (χ2v) is 29.6. The van der Waals surface area contributed by atoms with Crippen molar-refractivity contribution in [3.63, 3.8) is 0 Å². The number of anilines is 1. The van der Waals surface area contributed by atoms with Crippen LogP contribution in [-0.2, 0) is 75.2 Å². The van der Waals surface area contributed by atoms with Crippen molar-refractivity contribution in [3.05, 3.63) is 108 Å². The molecule has 11 atom stereocenters. The first-order chi connectivity index (χ1) is 49.9. The molecule has 0 aliphatic carbocycles. The average Bonchev–Trinajstić information content (AvgIpc) is 1.80. The molecule has 13 amide bonds. The largest absolute Gasteiger partial charge is 0.445 e. The van der Waals surface area contributed by atoms with Gasteiger partial charge in [-0.2, -0.15) is 11.8 Å². The van der Waals surface area contributed by atoms with Crippen LogP contribution in [0.2, 0.25) is 0 Å². The van der Waals surface area contributed by atoms with E-state index in [4.69, 9.17) is 19.9 Å². The van der Waals surface area contributed by atoms with Crippen molar-refractivity contribution in [1.29, 1.82) is 0 Å². The van der Waals surface area contributed by atoms with Crippen molar-refractivity contribution in [3.8, 4) is 0 Å². The number of hydrogen-bond acceptors (Lipinski definition) is 18. The van der Waals surface area contributed by atoms with Gasteiger partial charge in [-0.1, -0.05) is 124 Å². The van der Waals surface area contributed by atoms with Crippen molar-refractivity contribution in [1.82, 2.24) is 61.0 Å². The molecule has 2 aliphatic heterocycles. The van der Waals surface area contributed by atoms with Gasteiger partial charge < -0.3 is 76.3 Å². The van der Waals surface area contributed by atoms with Crippen LogP contribution in [0.4, 0.5) is 15.3 Å². The zero-order valence-electron chi connectivity index (χ0n) is 63.0. The van der Waals surface area contributed by atoms with Gasteiger partial charge in [0.1, 0.15) is 35.8 Å². The second-order valence-electron chi connectivity index (χ2n) is 27.6. The van der Waals surface area contributed by atoms with Crippen LogP contribution in [0.15, 0.2) is 91.5 Å². The van der Waals surface area contributed by atoms with Gasteiger partial charge >= 0.3 is 12.1 Å². The number of urea groups is 1. The lowest BCUT2D eigenvalue weighted by atomic mass is 9.89. The minimum atomic E-state index is -1.16. The summed E-state index contributed by atoms with van der Waals surface area (Å²) in [5.74, 6) is -6.63. The number of nitrogens with two attached hydrogens (primary N) is 1. The minimum absolute atomic E-state index is 0.0238. The molecule has 105 heavy (non-hydrogen) atoms. The summed E-state index contributed by atoms with van der Waals surface area (Å²) in [7, 11) is 6.14. The van der Waals surface area contributed by atoms with E-state index in [1.165, 1.54) is 45.1 Å². The molecule has 0 radical (unpaired) electrons. The van der Waals surface area contributed by atoms with E-state index in [1.54, 1.807) is 96.0 Å². The third kappa shape index (κ3) is 25.7. The average molecular weight is 1500 g/mol. The van der Waals surface area contributed by atoms with E-state index >= 15 is 0 Å². The fraction of sp³-hybridized carbons (Fsp3) is 0.581. The molecule has 0 saturated carbocycles. The van der Waals surface area contributed by atoms with E-state index in [1.807, 2.05) is 56.5 Å². The normalized spacial score (nSPS) is 16.6. The molecule has 8 N–H and O–H groups in total. The number of carbonyl (C=O) groups excluding carboxylic acids is 12. The monoisotopic (exact) mass is 1500 g/mol. The molecule has 2 aromatic carbocycles. The molecule has 3 aromatic rings. The third-order valence-corrected chi connectivity index (χ3v) is 20.8. The van der Waals surface area contributed by atoms with Crippen LogP contribution >= 0.6 is 23.1 Å². The van der Waals surface area contributed by atoms with Gasteiger partial charge in [-0.15, -0.1) is 11.3 Å². The smallest absolute Gasteiger partial charge is 0.410 e. The summed E-state index contributed by atoms with van der Waals surface area (Å²) in [6, 6.07) is 9.58. The van der Waals surface area contributed by atoms with Gasteiger partial charge in [-0.05, 0) is 91.2 Å². The summed E-state index contributed by atoms with van der Waals surface area (Å²) < 4.78 is 17.9. The van der Waals surface area contributed by atoms with Gasteiger partial charge in [-0.3, -0.25) is 52.8 Å². The lowest BCUT2D eigenvalue weighted by molar-refractivity contribution is -0.154. The topological polar surface area (TPSA) is 363 Å². The zero-order valence-corrected chi connectivity index (χ0v) is 64.6. The van der Waals surface area contributed by atoms with Gasteiger partial charge in [-0.25, -0.2) is 14.6 Å². The van der Waals surface area contributed by atoms with Crippen LogP contribution in [0, 0.1) is 29.6 Å². The summed E-state index contributed by atoms with van der Waals surface area (Å²) in [6.45, 7) is 23.4. The number of likely N-dealkylation sites (tertiary alicyclic amines) is 1. The Labute approximate surface area is 625 Å². The van der Waals surface area contributed by atoms with E-state index in [2.05, 4.69) is 50.0 Å². The molecule has 29 nitrogen and oxygen atoms in total. The number of nitrogens with zero attached hydrogens (tertiary/aromatic N) is 7. The Balaban J connectivity index is 1.17. The highest BCUT2D eigenvalue weighted by Crippen LogP contribution is 2.31. The Kier molecular flexibility index (Phi) is 35.4. The maximum atomic E-state index is 14.9. The summed E-state index contributed by atoms with van der Waals surface area (Å²) in [6.07, 6.45) is 4.25. The molecule has 1 aromatic heterocycles. The number of carbonyl (C=O) groups is 12. The third-order valence-electron chi connectivity index (χ3n) is 18.9. The molecular weight excluding hydrogens is 1390 g/mol. The number of hydrogen-bond donors (Lipinski definition) is 7. The number of likely N-dealkylation sites (N-methyl/N-ethyl adjacent to an activating group) is 2. The Hall–Kier alpha value is -8.94. The van der Waals surface area contributed by atoms with E-state index < -0.39 is 126 Å². The fourth-order valence-corrected chi connectivity index (χ4v) is 14.4. The molecule has 3 heterocycles. The molecular formula is C74H110N14O15S2. The minimum Gasteiger partial charge on any atom is -0.445 e. The lowest BCUT2D eigenvalue weighted by Crippen LogP contribution is -2.60. The molecule has 2 saturated heterocycles. The number of methoxy groups -OCH3 is 2. The maximum absolute atomic E-state index is 14.9. The van der Waals surface area contributed by atoms with Crippen LogP contribution in [-0.4, -0.2) is 227 Å². The summed E-state index contributed by atoms with van der Waals surface area (Å²) in [5, 5.41) is 19.5. The summed E-state index contributed by atoms with van der Waals surface area (Å²) >= 11 is 2.60. The van der Waals surface area contributed by atoms with Crippen LogP contribution in [0.3, 0.4) is 0 Å². The number of nitrogens with one attached hydrogen (secondary N) is 6. The van der Waals surface area contributed by atoms with Crippen molar-refractivity contribution in [2.75, 3.05) is 78.2 Å². The molecule has 2 fully saturated rings. The second kappa shape index (κ2) is 42.9. The van der Waals surface area contributed by atoms with Gasteiger partial charge in [0.15, 0.2) is 0 Å². The quantitative estimate of drug-likeness (QED) is 0.0262. The van der Waals surface area contributed by atoms with Gasteiger partial charge in [0.2, 0.25) is 59.1 Å². The number of ether oxygens (including phenoxy) is 3. The maximum Gasteiger partial charge on any atom is 0.410 e. The summed E-state index contributed by atoms with van der Waals surface area (Å²) in [4.78, 5) is 176. The number of benzene rings is 2. The van der Waals surface area contributed by atoms with Crippen LogP contribution < -0.4 is 37.6 Å². The molecule has 2 aliphatic rings. The van der Waals surface area contributed by atoms with Crippen molar-refractivity contribution < 1.29 is 71.7 Å². The summed E-state index contributed by atoms with van der Waals surface area (Å²) in [5.41, 5.74) is 7.14. The van der Waals surface area contributed by atoms with Gasteiger partial charge in [0, 0.05) is 70.8 Å². The molecule has 2 unspecified atom stereocenters. The Bertz CT molecular complexity index is 3390. The number of primary amides is 1. The van der Waals surface area contributed by atoms with Crippen LogP contribution in [0.1, 0.15) is 129 Å². The van der Waals surface area contributed by atoms with Crippen molar-refractivity contribution in [2.45, 2.75) is 175 Å². The number of rotatable bonds is 40. The van der Waals surface area contributed by atoms with E-state index in [-0.39, 0.29) is 100 Å². The zero-order chi connectivity index (χ0) is 77.8. The number of thioether (sulfide) groups is 1. The molecule has 578 valence electrons. The number of aromatic nitrogens is 1. The Morgan fingerprint density at radius 3 is 1.93 bits per heavy atom. The van der Waals surface area contributed by atoms with Crippen molar-refractivity contribution >= 4 is 100.0 Å². The van der Waals surface area contributed by atoms with Gasteiger partial charge in [0.05, 0.1) is 68.4 Å². The first-order valence-corrected chi connectivity index (χ1v) is 37.7. The molecule has 5 rings (SSSR count). The van der Waals surface area contributed by atoms with Crippen LogP contribution in [0.5, 0.6) is 0 Å².